The summed E-state index contributed by atoms with van der Waals surface area (Å²) in [6.07, 6.45) is 0. The van der Waals surface area contributed by atoms with Crippen molar-refractivity contribution in [1.29, 1.82) is 0 Å². The van der Waals surface area contributed by atoms with E-state index in [1.807, 2.05) is 13.0 Å². The highest BCUT2D eigenvalue weighted by Gasteiger charge is 2.13. The quantitative estimate of drug-likeness (QED) is 0.757. The summed E-state index contributed by atoms with van der Waals surface area (Å²) >= 11 is 0. The second-order valence-electron chi connectivity index (χ2n) is 3.71. The van der Waals surface area contributed by atoms with Gasteiger partial charge in [-0.2, -0.15) is 0 Å². The topological polar surface area (TPSA) is 66.4 Å². The summed E-state index contributed by atoms with van der Waals surface area (Å²) in [5, 5.41) is 12.2. The third kappa shape index (κ3) is 1.82. The normalized spacial score (nSPS) is 12.6. The molecule has 0 amide bonds. The number of nitrogens with one attached hydrogen (secondary N) is 1. The van der Waals surface area contributed by atoms with E-state index in [0.717, 1.165) is 5.56 Å². The number of rotatable bonds is 3. The maximum atomic E-state index is 11.1. The van der Waals surface area contributed by atoms with Crippen LogP contribution in [0.25, 0.3) is 0 Å². The van der Waals surface area contributed by atoms with Crippen LogP contribution in [0.2, 0.25) is 0 Å². The first-order valence-electron chi connectivity index (χ1n) is 4.94. The molecule has 0 aliphatic carbocycles. The van der Waals surface area contributed by atoms with E-state index in [4.69, 9.17) is 0 Å². The van der Waals surface area contributed by atoms with Crippen molar-refractivity contribution in [2.24, 2.45) is 0 Å². The largest absolute Gasteiger partial charge is 0.508 e. The Hall–Kier alpha value is -2.10. The third-order valence-corrected chi connectivity index (χ3v) is 2.49. The second kappa shape index (κ2) is 3.81. The lowest BCUT2D eigenvalue weighted by atomic mass is 10.1. The van der Waals surface area contributed by atoms with E-state index >= 15 is 0 Å². The van der Waals surface area contributed by atoms with Crippen molar-refractivity contribution in [2.75, 3.05) is 5.32 Å². The van der Waals surface area contributed by atoms with E-state index in [0.29, 0.717) is 5.69 Å². The van der Waals surface area contributed by atoms with Crippen molar-refractivity contribution in [1.82, 2.24) is 0 Å². The van der Waals surface area contributed by atoms with Crippen LogP contribution in [0.5, 0.6) is 5.75 Å². The van der Waals surface area contributed by atoms with Crippen molar-refractivity contribution in [2.45, 2.75) is 13.0 Å². The van der Waals surface area contributed by atoms with Crippen LogP contribution in [0.4, 0.5) is 5.69 Å². The maximum absolute atomic E-state index is 11.1. The number of hydrogen-bond acceptors (Lipinski definition) is 4. The predicted octanol–water partition coefficient (Wildman–Crippen LogP) is 1.16. The summed E-state index contributed by atoms with van der Waals surface area (Å²) in [5.74, 6) is 0.177. The smallest absolute Gasteiger partial charge is 0.248 e. The first-order valence-corrected chi connectivity index (χ1v) is 4.94. The minimum absolute atomic E-state index is 0.129. The van der Waals surface area contributed by atoms with Gasteiger partial charge in [-0.25, -0.2) is 0 Å². The summed E-state index contributed by atoms with van der Waals surface area (Å²) < 4.78 is 0. The van der Waals surface area contributed by atoms with E-state index in [9.17, 15) is 14.7 Å². The molecule has 2 rings (SSSR count). The summed E-state index contributed by atoms with van der Waals surface area (Å²) in [5.41, 5.74) is 0.242. The third-order valence-electron chi connectivity index (χ3n) is 2.49. The molecular weight excluding hydrogens is 206 g/mol. The first-order chi connectivity index (χ1) is 7.58. The Kier molecular flexibility index (Phi) is 2.48. The zero-order valence-electron chi connectivity index (χ0n) is 8.73. The SMILES string of the molecule is C[C@H](Nc1cc(=O)c1=O)c1cccc(O)c1. The van der Waals surface area contributed by atoms with E-state index in [1.54, 1.807) is 18.2 Å². The lowest BCUT2D eigenvalue weighted by Crippen LogP contribution is -2.33. The fourth-order valence-corrected chi connectivity index (χ4v) is 1.54. The molecule has 0 heterocycles. The Labute approximate surface area is 91.9 Å². The van der Waals surface area contributed by atoms with Gasteiger partial charge in [-0.15, -0.1) is 0 Å². The van der Waals surface area contributed by atoms with Gasteiger partial charge in [0.05, 0.1) is 5.69 Å². The van der Waals surface area contributed by atoms with Crippen LogP contribution in [0.1, 0.15) is 18.5 Å². The number of hydrogen-bond donors (Lipinski definition) is 2. The van der Waals surface area contributed by atoms with E-state index in [1.165, 1.54) is 6.07 Å². The van der Waals surface area contributed by atoms with Crippen molar-refractivity contribution in [3.63, 3.8) is 0 Å². The molecule has 0 aromatic heterocycles. The fraction of sp³-hybridized carbons (Fsp3) is 0.167. The molecule has 0 aliphatic rings. The molecule has 2 N–H and O–H groups in total. The number of phenols is 1. The Balaban J connectivity index is 2.16. The highest BCUT2D eigenvalue weighted by atomic mass is 16.3. The number of anilines is 1. The van der Waals surface area contributed by atoms with Gasteiger partial charge >= 0.3 is 0 Å². The van der Waals surface area contributed by atoms with Gasteiger partial charge in [0.15, 0.2) is 0 Å². The van der Waals surface area contributed by atoms with Crippen LogP contribution in [-0.4, -0.2) is 5.11 Å². The van der Waals surface area contributed by atoms with Gasteiger partial charge < -0.3 is 10.4 Å². The highest BCUT2D eigenvalue weighted by Crippen LogP contribution is 2.20. The van der Waals surface area contributed by atoms with Gasteiger partial charge in [-0.1, -0.05) is 12.1 Å². The number of benzene rings is 1. The first kappa shape index (κ1) is 10.4. The molecule has 0 aliphatic heterocycles. The van der Waals surface area contributed by atoms with Gasteiger partial charge in [0, 0.05) is 12.1 Å². The van der Waals surface area contributed by atoms with Gasteiger partial charge in [-0.3, -0.25) is 9.59 Å². The zero-order chi connectivity index (χ0) is 11.7. The van der Waals surface area contributed by atoms with Crippen LogP contribution >= 0.6 is 0 Å². The van der Waals surface area contributed by atoms with Gasteiger partial charge in [0.2, 0.25) is 10.9 Å². The van der Waals surface area contributed by atoms with E-state index in [2.05, 4.69) is 5.32 Å². The van der Waals surface area contributed by atoms with Crippen LogP contribution in [-0.2, 0) is 0 Å². The summed E-state index contributed by atoms with van der Waals surface area (Å²) in [4.78, 5) is 21.8. The molecule has 4 heteroatoms. The molecule has 1 atom stereocenters. The van der Waals surface area contributed by atoms with Crippen LogP contribution in [0, 0.1) is 0 Å². The zero-order valence-corrected chi connectivity index (χ0v) is 8.73. The molecule has 82 valence electrons. The van der Waals surface area contributed by atoms with Gasteiger partial charge in [0.1, 0.15) is 5.75 Å². The average molecular weight is 217 g/mol. The Morgan fingerprint density at radius 3 is 2.56 bits per heavy atom. The minimum atomic E-state index is -0.480. The summed E-state index contributed by atoms with van der Waals surface area (Å²) in [6.45, 7) is 1.85. The van der Waals surface area contributed by atoms with Gasteiger partial charge in [-0.05, 0) is 24.6 Å². The monoisotopic (exact) mass is 217 g/mol. The molecule has 0 spiro atoms. The lowest BCUT2D eigenvalue weighted by molar-refractivity contribution is 0.474. The molecular formula is C12H11NO3. The van der Waals surface area contributed by atoms with Crippen LogP contribution in [0.3, 0.4) is 0 Å². The molecule has 0 bridgehead atoms. The Morgan fingerprint density at radius 1 is 1.25 bits per heavy atom. The maximum Gasteiger partial charge on any atom is 0.248 e. The summed E-state index contributed by atoms with van der Waals surface area (Å²) in [7, 11) is 0. The molecule has 0 fully saturated rings. The minimum Gasteiger partial charge on any atom is -0.508 e. The highest BCUT2D eigenvalue weighted by molar-refractivity contribution is 5.49. The Morgan fingerprint density at radius 2 is 2.00 bits per heavy atom. The molecule has 2 aromatic rings. The van der Waals surface area contributed by atoms with Crippen LogP contribution < -0.4 is 16.2 Å². The molecule has 2 aromatic carbocycles. The van der Waals surface area contributed by atoms with E-state index < -0.39 is 10.9 Å². The fourth-order valence-electron chi connectivity index (χ4n) is 1.54. The Bertz CT molecular complexity index is 582. The summed E-state index contributed by atoms with van der Waals surface area (Å²) in [6, 6.07) is 7.90. The average Bonchev–Trinajstić information content (AvgIpc) is 2.28. The molecule has 4 nitrogen and oxygen atoms in total. The van der Waals surface area contributed by atoms with Gasteiger partial charge in [0.25, 0.3) is 0 Å². The molecule has 16 heavy (non-hydrogen) atoms. The molecule has 0 saturated carbocycles. The number of aromatic hydroxyl groups is 1. The van der Waals surface area contributed by atoms with E-state index in [-0.39, 0.29) is 11.8 Å². The molecule has 0 radical (unpaired) electrons. The van der Waals surface area contributed by atoms with Crippen molar-refractivity contribution in [3.8, 4) is 5.75 Å². The van der Waals surface area contributed by atoms with Crippen molar-refractivity contribution < 1.29 is 5.11 Å². The predicted molar refractivity (Wildman–Crippen MR) is 61.5 cm³/mol. The van der Waals surface area contributed by atoms with Crippen molar-refractivity contribution in [3.05, 3.63) is 56.3 Å². The number of phenolic OH excluding ortho intramolecular Hbond substituents is 1. The lowest BCUT2D eigenvalue weighted by Gasteiger charge is -2.15. The molecule has 0 saturated heterocycles. The van der Waals surface area contributed by atoms with Crippen LogP contribution in [0.15, 0.2) is 39.9 Å². The van der Waals surface area contributed by atoms with Crippen molar-refractivity contribution >= 4 is 5.69 Å². The second-order valence-corrected chi connectivity index (χ2v) is 3.71. The standard InChI is InChI=1S/C12H11NO3/c1-7(8-3-2-4-9(14)5-8)13-10-6-11(15)12(10)16/h2-7,13-14H,1H3/t7-/m0/s1. The molecule has 0 unspecified atom stereocenters.